The molecule has 0 unspecified atom stereocenters. The largest absolute Gasteiger partial charge is 0.514 e. The monoisotopic (exact) mass is 477 g/mol. The van der Waals surface area contributed by atoms with Gasteiger partial charge in [0, 0.05) is 36.3 Å². The van der Waals surface area contributed by atoms with E-state index < -0.39 is 28.2 Å². The molecule has 0 saturated carbocycles. The zero-order valence-electron chi connectivity index (χ0n) is 18.5. The van der Waals surface area contributed by atoms with Gasteiger partial charge in [-0.2, -0.15) is 0 Å². The second kappa shape index (κ2) is 8.17. The number of phenolic OH excluding ortho intramolecular Hbond substituents is 1. The maximum Gasteiger partial charge on any atom is 0.514 e. The lowest BCUT2D eigenvalue weighted by Crippen LogP contribution is -2.37. The molecule has 0 aliphatic heterocycles. The van der Waals surface area contributed by atoms with Crippen molar-refractivity contribution in [3.8, 4) is 11.5 Å². The molecule has 0 aromatic heterocycles. The molecule has 1 N–H and O–H groups in total. The third-order valence-electron chi connectivity index (χ3n) is 6.62. The van der Waals surface area contributed by atoms with Gasteiger partial charge in [-0.15, -0.1) is 0 Å². The second-order valence-corrected chi connectivity index (χ2v) is 8.44. The summed E-state index contributed by atoms with van der Waals surface area (Å²) in [4.78, 5) is 48.4. The van der Waals surface area contributed by atoms with Crippen LogP contribution < -0.4 is 4.74 Å². The van der Waals surface area contributed by atoms with Crippen LogP contribution in [0.15, 0.2) is 48.6 Å². The zero-order valence-corrected chi connectivity index (χ0v) is 18.5. The number of nitro benzene ring substituents is 1. The third-order valence-corrected chi connectivity index (χ3v) is 6.62. The number of ketones is 2. The Morgan fingerprint density at radius 3 is 2.46 bits per heavy atom. The maximum atomic E-state index is 12.8. The molecule has 178 valence electrons. The molecule has 2 atom stereocenters. The average molecular weight is 477 g/mol. The van der Waals surface area contributed by atoms with Crippen molar-refractivity contribution in [3.63, 3.8) is 0 Å². The van der Waals surface area contributed by atoms with Gasteiger partial charge in [0.05, 0.1) is 16.1 Å². The summed E-state index contributed by atoms with van der Waals surface area (Å²) in [5.41, 5.74) is -0.399. The van der Waals surface area contributed by atoms with Gasteiger partial charge in [-0.3, -0.25) is 19.7 Å². The molecule has 0 spiro atoms. The van der Waals surface area contributed by atoms with Crippen molar-refractivity contribution in [2.45, 2.75) is 31.0 Å². The average Bonchev–Trinajstić information content (AvgIpc) is 2.87. The third kappa shape index (κ3) is 3.50. The molecule has 10 heteroatoms. The molecule has 10 nitrogen and oxygen atoms in total. The van der Waals surface area contributed by atoms with Crippen molar-refractivity contribution in [2.75, 3.05) is 7.11 Å². The predicted octanol–water partition coefficient (Wildman–Crippen LogP) is 4.24. The number of phenols is 1. The van der Waals surface area contributed by atoms with E-state index in [-0.39, 0.29) is 40.8 Å². The Kier molecular flexibility index (Phi) is 5.25. The number of fused-ring (bicyclic) bond motifs is 2. The quantitative estimate of drug-likeness (QED) is 0.220. The number of carbonyl (C=O) groups is 3. The van der Waals surface area contributed by atoms with E-state index in [1.54, 1.807) is 6.08 Å². The van der Waals surface area contributed by atoms with Crippen molar-refractivity contribution >= 4 is 23.4 Å². The van der Waals surface area contributed by atoms with E-state index in [1.165, 1.54) is 31.4 Å². The molecule has 6 rings (SSSR count). The topological polar surface area (TPSA) is 142 Å². The Bertz CT molecular complexity index is 1360. The Morgan fingerprint density at radius 2 is 1.86 bits per heavy atom. The molecule has 0 radical (unpaired) electrons. The minimum Gasteiger partial charge on any atom is -0.507 e. The van der Waals surface area contributed by atoms with Crippen LogP contribution in [0.3, 0.4) is 0 Å². The number of aromatic hydroxyl groups is 1. The van der Waals surface area contributed by atoms with Crippen molar-refractivity contribution in [3.05, 3.63) is 86.5 Å². The normalized spacial score (nSPS) is 21.5. The minimum absolute atomic E-state index is 0.106. The number of nitro groups is 1. The summed E-state index contributed by atoms with van der Waals surface area (Å²) in [5, 5.41) is 21.9. The first-order valence-electron chi connectivity index (χ1n) is 10.8. The lowest BCUT2D eigenvalue weighted by atomic mass is 9.66. The Labute approximate surface area is 198 Å². The van der Waals surface area contributed by atoms with E-state index in [9.17, 15) is 29.6 Å². The molecule has 4 aliphatic carbocycles. The number of hydrogen-bond acceptors (Lipinski definition) is 9. The first kappa shape index (κ1) is 22.5. The van der Waals surface area contributed by atoms with Crippen LogP contribution in [0.2, 0.25) is 0 Å². The highest BCUT2D eigenvalue weighted by atomic mass is 16.7. The molecule has 0 heterocycles. The van der Waals surface area contributed by atoms with Crippen LogP contribution in [0.5, 0.6) is 11.5 Å². The summed E-state index contributed by atoms with van der Waals surface area (Å²) >= 11 is 0. The highest BCUT2D eigenvalue weighted by molar-refractivity contribution is 6.25. The number of benzene rings is 2. The summed E-state index contributed by atoms with van der Waals surface area (Å²) in [7, 11) is 1.48. The van der Waals surface area contributed by atoms with Crippen LogP contribution in [0, 0.1) is 10.1 Å². The zero-order chi connectivity index (χ0) is 24.9. The van der Waals surface area contributed by atoms with E-state index in [0.29, 0.717) is 29.5 Å². The van der Waals surface area contributed by atoms with Gasteiger partial charge >= 0.3 is 6.16 Å². The summed E-state index contributed by atoms with van der Waals surface area (Å²) < 4.78 is 16.5. The summed E-state index contributed by atoms with van der Waals surface area (Å²) in [6.45, 7) is -0.239. The Morgan fingerprint density at radius 1 is 1.17 bits per heavy atom. The molecule has 2 aromatic rings. The summed E-state index contributed by atoms with van der Waals surface area (Å²) in [5.74, 6) is -1.96. The highest BCUT2D eigenvalue weighted by Gasteiger charge is 2.48. The van der Waals surface area contributed by atoms with E-state index in [4.69, 9.17) is 14.2 Å². The minimum atomic E-state index is -1.13. The molecule has 2 aromatic carbocycles. The molecular weight excluding hydrogens is 458 g/mol. The number of rotatable bonds is 5. The number of non-ortho nitro benzene ring substituents is 1. The van der Waals surface area contributed by atoms with Gasteiger partial charge in [0.1, 0.15) is 18.0 Å². The van der Waals surface area contributed by atoms with Gasteiger partial charge in [-0.1, -0.05) is 12.2 Å². The van der Waals surface area contributed by atoms with Crippen molar-refractivity contribution in [1.82, 2.24) is 0 Å². The predicted molar refractivity (Wildman–Crippen MR) is 120 cm³/mol. The molecular formula is C25H19NO9. The van der Waals surface area contributed by atoms with Crippen LogP contribution in [0.1, 0.15) is 56.2 Å². The molecule has 0 saturated heterocycles. The van der Waals surface area contributed by atoms with Crippen LogP contribution in [0.25, 0.3) is 0 Å². The smallest absolute Gasteiger partial charge is 0.507 e. The van der Waals surface area contributed by atoms with E-state index >= 15 is 0 Å². The fourth-order valence-electron chi connectivity index (χ4n) is 4.92. The second-order valence-electron chi connectivity index (χ2n) is 8.44. The van der Waals surface area contributed by atoms with Crippen molar-refractivity contribution in [1.29, 1.82) is 0 Å². The van der Waals surface area contributed by atoms with Gasteiger partial charge in [0.2, 0.25) is 0 Å². The van der Waals surface area contributed by atoms with Gasteiger partial charge in [-0.25, -0.2) is 4.79 Å². The van der Waals surface area contributed by atoms with E-state index in [1.807, 2.05) is 6.08 Å². The Hall–Kier alpha value is -4.31. The fourth-order valence-corrected chi connectivity index (χ4v) is 4.92. The van der Waals surface area contributed by atoms with Gasteiger partial charge in [-0.05, 0) is 42.7 Å². The van der Waals surface area contributed by atoms with Crippen molar-refractivity contribution < 1.29 is 38.6 Å². The van der Waals surface area contributed by atoms with E-state index in [2.05, 4.69) is 0 Å². The van der Waals surface area contributed by atoms with Crippen LogP contribution in [-0.2, 0) is 21.7 Å². The van der Waals surface area contributed by atoms with E-state index in [0.717, 1.165) is 12.2 Å². The van der Waals surface area contributed by atoms with Gasteiger partial charge in [0.15, 0.2) is 17.3 Å². The van der Waals surface area contributed by atoms with Crippen LogP contribution in [0.4, 0.5) is 10.5 Å². The van der Waals surface area contributed by atoms with Gasteiger partial charge in [0.25, 0.3) is 5.69 Å². The van der Waals surface area contributed by atoms with Crippen LogP contribution >= 0.6 is 0 Å². The first-order chi connectivity index (χ1) is 16.8. The summed E-state index contributed by atoms with van der Waals surface area (Å²) in [6.07, 6.45) is 5.80. The SMILES string of the molecule is CO[C@@]12C=C[C@@H](CC1)c1c(OC(=O)OCc3ccc([N+](=O)[O-])cc3)c3c(c(O)c12)C(=O)C=CC3=O. The highest BCUT2D eigenvalue weighted by Crippen LogP contribution is 2.58. The van der Waals surface area contributed by atoms with Crippen LogP contribution in [-0.4, -0.2) is 34.9 Å². The molecule has 4 aliphatic rings. The lowest BCUT2D eigenvalue weighted by Gasteiger charge is -2.44. The number of nitrogens with zero attached hydrogens (tertiary/aromatic N) is 1. The number of allylic oxidation sites excluding steroid dienone is 3. The number of carbonyl (C=O) groups excluding carboxylic acids is 3. The molecule has 35 heavy (non-hydrogen) atoms. The molecule has 0 fully saturated rings. The maximum absolute atomic E-state index is 12.8. The number of methoxy groups -OCH3 is 1. The summed E-state index contributed by atoms with van der Waals surface area (Å²) in [6, 6.07) is 5.44. The van der Waals surface area contributed by atoms with Gasteiger partial charge < -0.3 is 19.3 Å². The molecule has 2 bridgehead atoms. The first-order valence-corrected chi connectivity index (χ1v) is 10.8. The number of ether oxygens (including phenoxy) is 3. The van der Waals surface area contributed by atoms with Crippen molar-refractivity contribution in [2.24, 2.45) is 0 Å². The number of hydrogen-bond donors (Lipinski definition) is 1. The fraction of sp³-hybridized carbons (Fsp3) is 0.240. The Balaban J connectivity index is 1.53. The lowest BCUT2D eigenvalue weighted by molar-refractivity contribution is -0.384. The molecule has 0 amide bonds. The standard InChI is InChI=1S/C25H19NO9/c1-33-25-10-8-14(9-11-25)18-21(25)22(29)19-16(27)6-7-17(28)20(19)23(18)35-24(30)34-12-13-2-4-15(5-3-13)26(31)32/h2-8,10,14,29H,9,11-12H2,1H3/t14-,25-/m0/s1.